The van der Waals surface area contributed by atoms with Crippen molar-refractivity contribution in [2.45, 2.75) is 5.75 Å². The fourth-order valence-electron chi connectivity index (χ4n) is 2.05. The molecule has 0 aliphatic carbocycles. The van der Waals surface area contributed by atoms with E-state index >= 15 is 0 Å². The van der Waals surface area contributed by atoms with Crippen LogP contribution in [0.5, 0.6) is 0 Å². The van der Waals surface area contributed by atoms with E-state index in [4.69, 9.17) is 16.2 Å². The van der Waals surface area contributed by atoms with E-state index in [0.717, 1.165) is 5.56 Å². The van der Waals surface area contributed by atoms with Crippen LogP contribution in [-0.4, -0.2) is 28.3 Å². The molecule has 1 unspecified atom stereocenters. The average molecular weight is 335 g/mol. The molecule has 3 rings (SSSR count). The molecule has 3 aromatic heterocycles. The van der Waals surface area contributed by atoms with E-state index in [9.17, 15) is 4.21 Å². The summed E-state index contributed by atoms with van der Waals surface area (Å²) in [6, 6.07) is 7.20. The van der Waals surface area contributed by atoms with Gasteiger partial charge in [-0.05, 0) is 23.8 Å². The molecule has 6 nitrogen and oxygen atoms in total. The van der Waals surface area contributed by atoms with Gasteiger partial charge in [0.25, 0.3) is 0 Å². The molecule has 1 N–H and O–H groups in total. The maximum absolute atomic E-state index is 10.8. The SMILES string of the molecule is O=S(O)Cc1ccc(-n2cnc(Cl)c2-c2cccnc2)nc1. The van der Waals surface area contributed by atoms with Crippen LogP contribution >= 0.6 is 11.6 Å². The Hall–Kier alpha value is -2.09. The van der Waals surface area contributed by atoms with Gasteiger partial charge in [-0.1, -0.05) is 17.7 Å². The van der Waals surface area contributed by atoms with Crippen LogP contribution in [0.15, 0.2) is 49.2 Å². The Morgan fingerprint density at radius 3 is 2.73 bits per heavy atom. The molecule has 112 valence electrons. The van der Waals surface area contributed by atoms with Crippen molar-refractivity contribution in [2.75, 3.05) is 0 Å². The molecule has 0 aliphatic rings. The van der Waals surface area contributed by atoms with E-state index in [0.29, 0.717) is 22.2 Å². The van der Waals surface area contributed by atoms with Gasteiger partial charge in [-0.15, -0.1) is 0 Å². The molecule has 0 amide bonds. The molecule has 0 saturated carbocycles. The van der Waals surface area contributed by atoms with Crippen LogP contribution in [0.2, 0.25) is 5.15 Å². The summed E-state index contributed by atoms with van der Waals surface area (Å²) in [5.74, 6) is 0.665. The Balaban J connectivity index is 2.01. The predicted octanol–water partition coefficient (Wildman–Crippen LogP) is 2.70. The Morgan fingerprint density at radius 2 is 2.09 bits per heavy atom. The molecule has 3 aromatic rings. The molecule has 0 fully saturated rings. The van der Waals surface area contributed by atoms with Gasteiger partial charge in [-0.2, -0.15) is 0 Å². The Morgan fingerprint density at radius 1 is 1.23 bits per heavy atom. The number of imidazole rings is 1. The van der Waals surface area contributed by atoms with E-state index in [-0.39, 0.29) is 5.75 Å². The largest absolute Gasteiger partial charge is 0.306 e. The second kappa shape index (κ2) is 6.35. The normalized spacial score (nSPS) is 12.3. The lowest BCUT2D eigenvalue weighted by Gasteiger charge is -2.08. The van der Waals surface area contributed by atoms with Gasteiger partial charge in [-0.3, -0.25) is 9.55 Å². The van der Waals surface area contributed by atoms with Gasteiger partial charge in [0.2, 0.25) is 0 Å². The summed E-state index contributed by atoms with van der Waals surface area (Å²) in [4.78, 5) is 12.5. The fraction of sp³-hybridized carbons (Fsp3) is 0.0714. The maximum Gasteiger partial charge on any atom is 0.157 e. The Bertz CT molecular complexity index is 805. The average Bonchev–Trinajstić information content (AvgIpc) is 2.90. The van der Waals surface area contributed by atoms with E-state index in [1.54, 1.807) is 41.6 Å². The van der Waals surface area contributed by atoms with E-state index in [1.807, 2.05) is 12.1 Å². The minimum atomic E-state index is -1.89. The van der Waals surface area contributed by atoms with Crippen molar-refractivity contribution in [3.05, 3.63) is 59.9 Å². The van der Waals surface area contributed by atoms with Crippen molar-refractivity contribution >= 4 is 22.7 Å². The van der Waals surface area contributed by atoms with Gasteiger partial charge >= 0.3 is 0 Å². The lowest BCUT2D eigenvalue weighted by atomic mass is 10.2. The number of hydrogen-bond acceptors (Lipinski definition) is 4. The minimum Gasteiger partial charge on any atom is -0.306 e. The number of aromatic nitrogens is 4. The molecule has 0 aliphatic heterocycles. The zero-order chi connectivity index (χ0) is 15.5. The molecule has 0 saturated heterocycles. The first kappa shape index (κ1) is 14.8. The zero-order valence-corrected chi connectivity index (χ0v) is 12.8. The molecular formula is C14H11ClN4O2S. The summed E-state index contributed by atoms with van der Waals surface area (Å²) in [6.45, 7) is 0. The van der Waals surface area contributed by atoms with Crippen LogP contribution < -0.4 is 0 Å². The quantitative estimate of drug-likeness (QED) is 0.742. The third-order valence-electron chi connectivity index (χ3n) is 3.00. The predicted molar refractivity (Wildman–Crippen MR) is 84.1 cm³/mol. The molecule has 8 heteroatoms. The van der Waals surface area contributed by atoms with Gasteiger partial charge < -0.3 is 4.55 Å². The highest BCUT2D eigenvalue weighted by molar-refractivity contribution is 7.78. The standard InChI is InChI=1S/C14H11ClN4O2S/c15-14-13(11-2-1-5-16-7-11)19(9-18-14)12-4-3-10(6-17-12)8-22(20)21/h1-7,9H,8H2,(H,20,21). The summed E-state index contributed by atoms with van der Waals surface area (Å²) in [5.41, 5.74) is 2.20. The van der Waals surface area contributed by atoms with Gasteiger partial charge in [0.05, 0.1) is 11.4 Å². The number of halogens is 1. The molecule has 1 atom stereocenters. The van der Waals surface area contributed by atoms with Crippen LogP contribution in [0, 0.1) is 0 Å². The highest BCUT2D eigenvalue weighted by Crippen LogP contribution is 2.28. The smallest absolute Gasteiger partial charge is 0.157 e. The van der Waals surface area contributed by atoms with E-state index in [1.165, 1.54) is 0 Å². The maximum atomic E-state index is 10.8. The van der Waals surface area contributed by atoms with Crippen molar-refractivity contribution in [3.63, 3.8) is 0 Å². The van der Waals surface area contributed by atoms with Crippen LogP contribution in [0.1, 0.15) is 5.56 Å². The summed E-state index contributed by atoms with van der Waals surface area (Å²) in [7, 11) is 0. The monoisotopic (exact) mass is 334 g/mol. The first-order chi connectivity index (χ1) is 10.6. The van der Waals surface area contributed by atoms with Crippen molar-refractivity contribution in [3.8, 4) is 17.1 Å². The zero-order valence-electron chi connectivity index (χ0n) is 11.3. The number of hydrogen-bond donors (Lipinski definition) is 1. The first-order valence-corrected chi connectivity index (χ1v) is 7.96. The Labute approximate surface area is 134 Å². The second-order valence-electron chi connectivity index (χ2n) is 4.49. The topological polar surface area (TPSA) is 80.9 Å². The van der Waals surface area contributed by atoms with Gasteiger partial charge in [0.15, 0.2) is 16.2 Å². The lowest BCUT2D eigenvalue weighted by molar-refractivity contribution is 0.563. The van der Waals surface area contributed by atoms with Crippen molar-refractivity contribution < 1.29 is 8.76 Å². The molecule has 0 bridgehead atoms. The molecule has 22 heavy (non-hydrogen) atoms. The first-order valence-electron chi connectivity index (χ1n) is 6.31. The summed E-state index contributed by atoms with van der Waals surface area (Å²) < 4.78 is 21.5. The number of pyridine rings is 2. The van der Waals surface area contributed by atoms with Gasteiger partial charge in [0.1, 0.15) is 12.1 Å². The van der Waals surface area contributed by atoms with Crippen molar-refractivity contribution in [1.29, 1.82) is 0 Å². The van der Waals surface area contributed by atoms with Crippen LogP contribution in [0.3, 0.4) is 0 Å². The van der Waals surface area contributed by atoms with Crippen LogP contribution in [0.4, 0.5) is 0 Å². The number of nitrogens with zero attached hydrogens (tertiary/aromatic N) is 4. The molecular weight excluding hydrogens is 324 g/mol. The van der Waals surface area contributed by atoms with Crippen molar-refractivity contribution in [2.24, 2.45) is 0 Å². The molecule has 3 heterocycles. The minimum absolute atomic E-state index is 0.0490. The van der Waals surface area contributed by atoms with Crippen LogP contribution in [0.25, 0.3) is 17.1 Å². The molecule has 0 radical (unpaired) electrons. The highest BCUT2D eigenvalue weighted by atomic mass is 35.5. The summed E-state index contributed by atoms with van der Waals surface area (Å²) >= 11 is 4.28. The van der Waals surface area contributed by atoms with E-state index in [2.05, 4.69) is 15.0 Å². The molecule has 0 aromatic carbocycles. The summed E-state index contributed by atoms with van der Waals surface area (Å²) in [6.07, 6.45) is 6.52. The van der Waals surface area contributed by atoms with Crippen molar-refractivity contribution in [1.82, 2.24) is 19.5 Å². The number of rotatable bonds is 4. The highest BCUT2D eigenvalue weighted by Gasteiger charge is 2.13. The lowest BCUT2D eigenvalue weighted by Crippen LogP contribution is -2.00. The Kier molecular flexibility index (Phi) is 4.28. The fourth-order valence-corrected chi connectivity index (χ4v) is 2.75. The molecule has 0 spiro atoms. The second-order valence-corrected chi connectivity index (χ2v) is 5.78. The van der Waals surface area contributed by atoms with Gasteiger partial charge in [-0.25, -0.2) is 14.2 Å². The van der Waals surface area contributed by atoms with Crippen LogP contribution in [-0.2, 0) is 16.8 Å². The third-order valence-corrected chi connectivity index (χ3v) is 3.86. The summed E-state index contributed by atoms with van der Waals surface area (Å²) in [5, 5.41) is 0.357. The van der Waals surface area contributed by atoms with E-state index < -0.39 is 11.1 Å². The van der Waals surface area contributed by atoms with Gasteiger partial charge in [0, 0.05) is 24.2 Å². The third kappa shape index (κ3) is 3.06.